The maximum Gasteiger partial charge on any atom is 0.249 e. The molecule has 0 radical (unpaired) electrons. The van der Waals surface area contributed by atoms with E-state index in [2.05, 4.69) is 5.32 Å². The van der Waals surface area contributed by atoms with E-state index >= 15 is 0 Å². The van der Waals surface area contributed by atoms with Crippen LogP contribution < -0.4 is 5.32 Å². The number of amides is 1. The molecule has 0 aliphatic heterocycles. The van der Waals surface area contributed by atoms with Crippen molar-refractivity contribution in [2.45, 2.75) is 26.0 Å². The number of carbonyl (C=O) groups is 2. The molecule has 0 aromatic carbocycles. The fourth-order valence-corrected chi connectivity index (χ4v) is 0.697. The second kappa shape index (κ2) is 4.95. The molecule has 0 saturated heterocycles. The maximum absolute atomic E-state index is 10.8. The summed E-state index contributed by atoms with van der Waals surface area (Å²) in [6, 6.07) is -0.828. The van der Waals surface area contributed by atoms with E-state index in [1.54, 1.807) is 0 Å². The molecule has 5 nitrogen and oxygen atoms in total. The van der Waals surface area contributed by atoms with Crippen molar-refractivity contribution in [1.82, 2.24) is 5.32 Å². The van der Waals surface area contributed by atoms with Crippen molar-refractivity contribution in [3.63, 3.8) is 0 Å². The molecule has 0 aromatic heterocycles. The van der Waals surface area contributed by atoms with Crippen molar-refractivity contribution >= 4 is 19.9 Å². The van der Waals surface area contributed by atoms with Crippen LogP contribution in [0.15, 0.2) is 0 Å². The highest BCUT2D eigenvalue weighted by Gasteiger charge is 2.17. The maximum atomic E-state index is 10.8. The third-order valence-corrected chi connectivity index (χ3v) is 1.77. The number of hydrogen-bond acceptors (Lipinski definition) is 4. The molecule has 2 atom stereocenters. The zero-order chi connectivity index (χ0) is 9.72. The molecule has 2 N–H and O–H groups in total. The Morgan fingerprint density at radius 3 is 2.25 bits per heavy atom. The number of rotatable bonds is 4. The second-order valence-electron chi connectivity index (χ2n) is 2.34. The number of carbonyl (C=O) groups excluding carboxylic acids is 2. The lowest BCUT2D eigenvalue weighted by atomic mass is 10.3. The van der Waals surface area contributed by atoms with Gasteiger partial charge in [-0.15, -0.1) is 0 Å². The predicted molar refractivity (Wildman–Crippen MR) is 41.9 cm³/mol. The zero-order valence-corrected chi connectivity index (χ0v) is 7.67. The number of aliphatic hydroxyl groups excluding tert-OH is 1. The fourth-order valence-electron chi connectivity index (χ4n) is 0.475. The lowest BCUT2D eigenvalue weighted by Crippen LogP contribution is -2.41. The lowest BCUT2D eigenvalue weighted by molar-refractivity contribution is -0.130. The first-order valence-electron chi connectivity index (χ1n) is 3.34. The largest absolute Gasteiger partial charge is 0.384 e. The topological polar surface area (TPSA) is 83.5 Å². The van der Waals surface area contributed by atoms with Crippen LogP contribution >= 0.6 is 8.46 Å². The van der Waals surface area contributed by atoms with E-state index in [9.17, 15) is 14.2 Å². The Bertz CT molecular complexity index is 204. The van der Waals surface area contributed by atoms with Crippen LogP contribution in [0.4, 0.5) is 0 Å². The van der Waals surface area contributed by atoms with Crippen LogP contribution in [0, 0.1) is 0 Å². The average molecular weight is 191 g/mol. The van der Waals surface area contributed by atoms with Gasteiger partial charge >= 0.3 is 0 Å². The summed E-state index contributed by atoms with van der Waals surface area (Å²) in [6.07, 6.45) is -1.16. The number of nitrogens with one attached hydrogen (secondary N) is 1. The molecule has 0 aliphatic rings. The van der Waals surface area contributed by atoms with Crippen molar-refractivity contribution in [3.8, 4) is 0 Å². The first-order valence-corrected chi connectivity index (χ1v) is 4.16. The Hall–Kier alpha value is -0.800. The van der Waals surface area contributed by atoms with Gasteiger partial charge in [-0.3, -0.25) is 14.2 Å². The van der Waals surface area contributed by atoms with E-state index < -0.39 is 32.0 Å². The van der Waals surface area contributed by atoms with Gasteiger partial charge in [-0.25, -0.2) is 0 Å². The van der Waals surface area contributed by atoms with Crippen molar-refractivity contribution in [2.24, 2.45) is 0 Å². The summed E-state index contributed by atoms with van der Waals surface area (Å²) in [4.78, 5) is 21.4. The van der Waals surface area contributed by atoms with Gasteiger partial charge < -0.3 is 10.4 Å². The Morgan fingerprint density at radius 2 is 1.92 bits per heavy atom. The molecule has 68 valence electrons. The molecule has 0 spiro atoms. The van der Waals surface area contributed by atoms with Crippen LogP contribution in [-0.2, 0) is 14.2 Å². The van der Waals surface area contributed by atoms with Gasteiger partial charge in [-0.2, -0.15) is 0 Å². The quantitative estimate of drug-likeness (QED) is 0.597. The summed E-state index contributed by atoms with van der Waals surface area (Å²) in [5, 5.41) is 10.9. The molecule has 1 amide bonds. The predicted octanol–water partition coefficient (Wildman–Crippen LogP) is -0.310. The third kappa shape index (κ3) is 3.55. The van der Waals surface area contributed by atoms with E-state index in [1.165, 1.54) is 13.8 Å². The van der Waals surface area contributed by atoms with Gasteiger partial charge in [0.05, 0.1) is 6.04 Å². The van der Waals surface area contributed by atoms with Crippen molar-refractivity contribution in [3.05, 3.63) is 0 Å². The molecule has 0 heterocycles. The molecule has 0 aromatic rings. The van der Waals surface area contributed by atoms with E-state index in [0.29, 0.717) is 0 Å². The molecular formula is C6H10NO4P. The van der Waals surface area contributed by atoms with E-state index in [-0.39, 0.29) is 0 Å². The fraction of sp³-hybridized carbons (Fsp3) is 0.667. The first kappa shape index (κ1) is 11.2. The van der Waals surface area contributed by atoms with Crippen LogP contribution in [0.2, 0.25) is 0 Å². The van der Waals surface area contributed by atoms with Gasteiger partial charge in [0.2, 0.25) is 19.9 Å². The third-order valence-electron chi connectivity index (χ3n) is 1.20. The Morgan fingerprint density at radius 1 is 1.42 bits per heavy atom. The molecule has 0 bridgehead atoms. The lowest BCUT2D eigenvalue weighted by Gasteiger charge is -2.10. The summed E-state index contributed by atoms with van der Waals surface area (Å²) < 4.78 is 10.0. The van der Waals surface area contributed by atoms with Gasteiger partial charge in [0.15, 0.2) is 0 Å². The molecule has 0 fully saturated rings. The average Bonchev–Trinajstić information content (AvgIpc) is 2.02. The highest BCUT2D eigenvalue weighted by atomic mass is 31.1. The highest BCUT2D eigenvalue weighted by Crippen LogP contribution is 1.99. The smallest absolute Gasteiger partial charge is 0.249 e. The SMILES string of the molecule is C[C@H](O)C(=O)N[C@@H](C)C(=O)P=O. The summed E-state index contributed by atoms with van der Waals surface area (Å²) in [6.45, 7) is 2.68. The second-order valence-corrected chi connectivity index (χ2v) is 2.96. The Labute approximate surface area is 71.4 Å². The van der Waals surface area contributed by atoms with Crippen LogP contribution in [0.1, 0.15) is 13.8 Å². The first-order chi connectivity index (χ1) is 5.49. The molecule has 0 unspecified atom stereocenters. The van der Waals surface area contributed by atoms with Crippen LogP contribution in [-0.4, -0.2) is 28.7 Å². The Kier molecular flexibility index (Phi) is 4.62. The minimum absolute atomic E-state index is 0.621. The van der Waals surface area contributed by atoms with Gasteiger partial charge in [0.25, 0.3) is 0 Å². The molecule has 0 rings (SSSR count). The normalized spacial score (nSPS) is 15.2. The molecule has 6 heteroatoms. The minimum Gasteiger partial charge on any atom is -0.384 e. The van der Waals surface area contributed by atoms with Crippen molar-refractivity contribution in [2.75, 3.05) is 0 Å². The standard InChI is InChI=1S/C6H10NO4P/c1-3(6(10)12-11)7-5(9)4(2)8/h3-4,8H,1-2H3,(H,7,9)/t3-,4-/m0/s1. The van der Waals surface area contributed by atoms with Gasteiger partial charge in [-0.05, 0) is 13.8 Å². The van der Waals surface area contributed by atoms with Crippen LogP contribution in [0.25, 0.3) is 0 Å². The minimum atomic E-state index is -1.16. The van der Waals surface area contributed by atoms with Crippen molar-refractivity contribution in [1.29, 1.82) is 0 Å². The van der Waals surface area contributed by atoms with E-state index in [1.807, 2.05) is 0 Å². The van der Waals surface area contributed by atoms with Gasteiger partial charge in [0, 0.05) is 0 Å². The number of aliphatic hydroxyl groups is 1. The highest BCUT2D eigenvalue weighted by molar-refractivity contribution is 7.46. The summed E-state index contributed by atoms with van der Waals surface area (Å²) >= 11 is 0. The molecular weight excluding hydrogens is 181 g/mol. The zero-order valence-electron chi connectivity index (χ0n) is 6.77. The Balaban J connectivity index is 4.00. The summed E-state index contributed by atoms with van der Waals surface area (Å²) in [5.41, 5.74) is -0.621. The molecule has 0 saturated carbocycles. The molecule has 0 aliphatic carbocycles. The van der Waals surface area contributed by atoms with Gasteiger partial charge in [0.1, 0.15) is 6.10 Å². The van der Waals surface area contributed by atoms with Crippen LogP contribution in [0.5, 0.6) is 0 Å². The summed E-state index contributed by atoms with van der Waals surface area (Å²) in [5.74, 6) is -0.653. The van der Waals surface area contributed by atoms with Crippen molar-refractivity contribution < 1.29 is 19.3 Å². The van der Waals surface area contributed by atoms with Gasteiger partial charge in [-0.1, -0.05) is 0 Å². The van der Waals surface area contributed by atoms with Crippen LogP contribution in [0.3, 0.4) is 0 Å². The summed E-state index contributed by atoms with van der Waals surface area (Å²) in [7, 11) is -0.639. The van der Waals surface area contributed by atoms with E-state index in [4.69, 9.17) is 5.11 Å². The monoisotopic (exact) mass is 191 g/mol. The van der Waals surface area contributed by atoms with E-state index in [0.717, 1.165) is 0 Å². The molecule has 12 heavy (non-hydrogen) atoms. The number of hydrogen-bond donors (Lipinski definition) is 2.